The maximum absolute atomic E-state index is 15.4. The Labute approximate surface area is 170 Å². The third-order valence-electron chi connectivity index (χ3n) is 6.20. The van der Waals surface area contributed by atoms with Crippen LogP contribution in [0.1, 0.15) is 48.1 Å². The lowest BCUT2D eigenvalue weighted by molar-refractivity contribution is 0.407. The maximum atomic E-state index is 15.4. The van der Waals surface area contributed by atoms with Gasteiger partial charge in [-0.2, -0.15) is 0 Å². The van der Waals surface area contributed by atoms with Crippen molar-refractivity contribution in [3.05, 3.63) is 82.4 Å². The van der Waals surface area contributed by atoms with Crippen molar-refractivity contribution in [2.75, 3.05) is 6.61 Å². The molecule has 0 amide bonds. The van der Waals surface area contributed by atoms with Crippen molar-refractivity contribution in [2.24, 2.45) is 0 Å². The van der Waals surface area contributed by atoms with Crippen molar-refractivity contribution >= 4 is 0 Å². The molecule has 1 heterocycles. The molecule has 5 rings (SSSR count). The summed E-state index contributed by atoms with van der Waals surface area (Å²) in [5.74, 6) is -0.354. The van der Waals surface area contributed by atoms with E-state index in [9.17, 15) is 4.39 Å². The van der Waals surface area contributed by atoms with Gasteiger partial charge in [0, 0.05) is 11.1 Å². The van der Waals surface area contributed by atoms with Gasteiger partial charge in [-0.1, -0.05) is 61.9 Å². The molecule has 0 N–H and O–H groups in total. The highest BCUT2D eigenvalue weighted by Gasteiger charge is 2.31. The standard InChI is InChI=1S/C26H24F2O/c1-2-3-4-16-5-7-17(8-6-16)18-9-10-19-20-11-14-23(24-15-29-24)26(28)22(20)13-12-21(19)25(18)27/h5-11,14,24H,2-4,12-13,15H2,1H3. The highest BCUT2D eigenvalue weighted by atomic mass is 19.1. The molecule has 29 heavy (non-hydrogen) atoms. The number of hydrogen-bond donors (Lipinski definition) is 0. The number of aryl methyl sites for hydroxylation is 1. The van der Waals surface area contributed by atoms with E-state index in [1.807, 2.05) is 30.3 Å². The number of fused-ring (bicyclic) bond motifs is 3. The van der Waals surface area contributed by atoms with Crippen molar-refractivity contribution in [3.8, 4) is 22.3 Å². The lowest BCUT2D eigenvalue weighted by Crippen LogP contribution is -2.10. The van der Waals surface area contributed by atoms with E-state index >= 15 is 4.39 Å². The lowest BCUT2D eigenvalue weighted by Gasteiger charge is -2.23. The Morgan fingerprint density at radius 2 is 1.45 bits per heavy atom. The summed E-state index contributed by atoms with van der Waals surface area (Å²) in [6.45, 7) is 2.77. The highest BCUT2D eigenvalue weighted by molar-refractivity contribution is 5.78. The monoisotopic (exact) mass is 390 g/mol. The molecule has 1 saturated heterocycles. The minimum absolute atomic E-state index is 0.110. The van der Waals surface area contributed by atoms with Crippen molar-refractivity contribution in [3.63, 3.8) is 0 Å². The van der Waals surface area contributed by atoms with Gasteiger partial charge in [0.25, 0.3) is 0 Å². The average Bonchev–Trinajstić information content (AvgIpc) is 3.58. The molecular weight excluding hydrogens is 366 g/mol. The second-order valence-corrected chi connectivity index (χ2v) is 8.07. The van der Waals surface area contributed by atoms with Crippen LogP contribution >= 0.6 is 0 Å². The van der Waals surface area contributed by atoms with Crippen LogP contribution in [-0.4, -0.2) is 6.61 Å². The molecule has 3 aromatic carbocycles. The first-order valence-corrected chi connectivity index (χ1v) is 10.5. The molecule has 148 valence electrons. The third kappa shape index (κ3) is 3.28. The summed E-state index contributed by atoms with van der Waals surface area (Å²) >= 11 is 0. The van der Waals surface area contributed by atoms with Crippen molar-refractivity contribution < 1.29 is 13.5 Å². The molecule has 3 heteroatoms. The van der Waals surface area contributed by atoms with Crippen LogP contribution in [0.5, 0.6) is 0 Å². The number of hydrogen-bond acceptors (Lipinski definition) is 1. The van der Waals surface area contributed by atoms with E-state index in [0.717, 1.165) is 29.5 Å². The Kier molecular flexibility index (Phi) is 4.71. The normalized spacial score (nSPS) is 17.0. The molecule has 1 aliphatic carbocycles. The summed E-state index contributed by atoms with van der Waals surface area (Å²) in [6.07, 6.45) is 4.31. The van der Waals surface area contributed by atoms with Gasteiger partial charge in [0.1, 0.15) is 17.7 Å². The van der Waals surface area contributed by atoms with E-state index in [4.69, 9.17) is 4.74 Å². The molecule has 0 spiro atoms. The van der Waals surface area contributed by atoms with Crippen molar-refractivity contribution in [1.29, 1.82) is 0 Å². The minimum Gasteiger partial charge on any atom is -0.368 e. The Morgan fingerprint density at radius 1 is 0.828 bits per heavy atom. The molecule has 1 unspecified atom stereocenters. The summed E-state index contributed by atoms with van der Waals surface area (Å²) in [6, 6.07) is 15.7. The number of rotatable bonds is 5. The van der Waals surface area contributed by atoms with Crippen molar-refractivity contribution in [1.82, 2.24) is 0 Å². The summed E-state index contributed by atoms with van der Waals surface area (Å²) in [5, 5.41) is 0. The molecular formula is C26H24F2O. The highest BCUT2D eigenvalue weighted by Crippen LogP contribution is 2.42. The van der Waals surface area contributed by atoms with E-state index < -0.39 is 0 Å². The molecule has 2 aliphatic rings. The van der Waals surface area contributed by atoms with Gasteiger partial charge in [0.15, 0.2) is 0 Å². The van der Waals surface area contributed by atoms with Crippen LogP contribution in [-0.2, 0) is 24.0 Å². The summed E-state index contributed by atoms with van der Waals surface area (Å²) in [4.78, 5) is 0. The van der Waals surface area contributed by atoms with Crippen LogP contribution in [0.4, 0.5) is 8.78 Å². The van der Waals surface area contributed by atoms with Gasteiger partial charge in [0.05, 0.1) is 6.61 Å². The molecule has 1 aliphatic heterocycles. The molecule has 1 atom stereocenters. The fourth-order valence-electron chi connectivity index (χ4n) is 4.44. The molecule has 0 bridgehead atoms. The van der Waals surface area contributed by atoms with Gasteiger partial charge < -0.3 is 4.74 Å². The smallest absolute Gasteiger partial charge is 0.134 e. The number of benzene rings is 3. The quantitative estimate of drug-likeness (QED) is 0.436. The zero-order valence-corrected chi connectivity index (χ0v) is 16.6. The Bertz CT molecular complexity index is 1070. The second kappa shape index (κ2) is 7.38. The number of epoxide rings is 1. The minimum atomic E-state index is -0.178. The summed E-state index contributed by atoms with van der Waals surface area (Å²) < 4.78 is 35.6. The first kappa shape index (κ1) is 18.5. The zero-order valence-electron chi connectivity index (χ0n) is 16.6. The first-order chi connectivity index (χ1) is 14.2. The topological polar surface area (TPSA) is 12.5 Å². The molecule has 1 nitrogen and oxygen atoms in total. The third-order valence-corrected chi connectivity index (χ3v) is 6.20. The molecule has 3 aromatic rings. The largest absolute Gasteiger partial charge is 0.368 e. The van der Waals surface area contributed by atoms with Gasteiger partial charge in [-0.3, -0.25) is 0 Å². The molecule has 0 aromatic heterocycles. The van der Waals surface area contributed by atoms with Crippen LogP contribution in [0.2, 0.25) is 0 Å². The van der Waals surface area contributed by atoms with Crippen LogP contribution in [0.15, 0.2) is 48.5 Å². The Balaban J connectivity index is 1.51. The number of halogens is 2. The Hall–Kier alpha value is -2.52. The lowest BCUT2D eigenvalue weighted by atomic mass is 9.82. The fraction of sp³-hybridized carbons (Fsp3) is 0.308. The van der Waals surface area contributed by atoms with Gasteiger partial charge >= 0.3 is 0 Å². The van der Waals surface area contributed by atoms with E-state index in [0.29, 0.717) is 41.7 Å². The van der Waals surface area contributed by atoms with Gasteiger partial charge in [0.2, 0.25) is 0 Å². The van der Waals surface area contributed by atoms with E-state index in [2.05, 4.69) is 19.1 Å². The van der Waals surface area contributed by atoms with Crippen LogP contribution in [0.3, 0.4) is 0 Å². The van der Waals surface area contributed by atoms with Crippen LogP contribution < -0.4 is 0 Å². The summed E-state index contributed by atoms with van der Waals surface area (Å²) in [5.41, 5.74) is 6.45. The first-order valence-electron chi connectivity index (χ1n) is 10.5. The van der Waals surface area contributed by atoms with E-state index in [-0.39, 0.29) is 17.7 Å². The SMILES string of the molecule is CCCCc1ccc(-c2ccc3c(c2F)CCc2c-3ccc(C3CO3)c2F)cc1. The Morgan fingerprint density at radius 3 is 2.10 bits per heavy atom. The van der Waals surface area contributed by atoms with Crippen LogP contribution in [0.25, 0.3) is 22.3 Å². The second-order valence-electron chi connectivity index (χ2n) is 8.07. The summed E-state index contributed by atoms with van der Waals surface area (Å²) in [7, 11) is 0. The fourth-order valence-corrected chi connectivity index (χ4v) is 4.44. The van der Waals surface area contributed by atoms with Gasteiger partial charge in [-0.25, -0.2) is 8.78 Å². The predicted octanol–water partition coefficient (Wildman–Crippen LogP) is 6.81. The molecule has 1 fully saturated rings. The zero-order chi connectivity index (χ0) is 20.0. The molecule has 0 saturated carbocycles. The van der Waals surface area contributed by atoms with E-state index in [1.165, 1.54) is 12.0 Å². The van der Waals surface area contributed by atoms with Gasteiger partial charge in [-0.05, 0) is 59.1 Å². The van der Waals surface area contributed by atoms with E-state index in [1.54, 1.807) is 6.07 Å². The molecule has 0 radical (unpaired) electrons. The van der Waals surface area contributed by atoms with Crippen molar-refractivity contribution in [2.45, 2.75) is 45.1 Å². The number of unbranched alkanes of at least 4 members (excludes halogenated alkanes) is 1. The predicted molar refractivity (Wildman–Crippen MR) is 112 cm³/mol. The van der Waals surface area contributed by atoms with Gasteiger partial charge in [-0.15, -0.1) is 0 Å². The number of ether oxygens (including phenoxy) is 1. The average molecular weight is 390 g/mol. The maximum Gasteiger partial charge on any atom is 0.134 e. The van der Waals surface area contributed by atoms with Crippen LogP contribution in [0, 0.1) is 11.6 Å².